The Morgan fingerprint density at radius 1 is 1.06 bits per heavy atom. The highest BCUT2D eigenvalue weighted by atomic mass is 35.5. The van der Waals surface area contributed by atoms with Gasteiger partial charge in [-0.15, -0.1) is 10.2 Å². The van der Waals surface area contributed by atoms with Gasteiger partial charge in [-0.2, -0.15) is 0 Å². The molecule has 160 valence electrons. The average molecular weight is 437 g/mol. The van der Waals surface area contributed by atoms with Crippen molar-refractivity contribution in [3.05, 3.63) is 65.2 Å². The highest BCUT2D eigenvalue weighted by Crippen LogP contribution is 2.26. The summed E-state index contributed by atoms with van der Waals surface area (Å²) in [5, 5.41) is 12.4. The van der Waals surface area contributed by atoms with Gasteiger partial charge in [-0.05, 0) is 73.9 Å². The van der Waals surface area contributed by atoms with Crippen LogP contribution in [0.3, 0.4) is 0 Å². The minimum absolute atomic E-state index is 0.0267. The number of anilines is 2. The maximum absolute atomic E-state index is 12.7. The minimum atomic E-state index is -0.0267. The molecule has 0 radical (unpaired) electrons. The van der Waals surface area contributed by atoms with Crippen molar-refractivity contribution in [1.29, 1.82) is 0 Å². The summed E-state index contributed by atoms with van der Waals surface area (Å²) in [6.07, 6.45) is 1.54. The van der Waals surface area contributed by atoms with Gasteiger partial charge in [0.25, 0.3) is 0 Å². The van der Waals surface area contributed by atoms with Crippen LogP contribution in [0.15, 0.2) is 54.6 Å². The van der Waals surface area contributed by atoms with Crippen LogP contribution in [0.1, 0.15) is 18.4 Å². The zero-order valence-corrected chi connectivity index (χ0v) is 18.4. The molecule has 0 aliphatic carbocycles. The average Bonchev–Trinajstić information content (AvgIpc) is 2.82. The Balaban J connectivity index is 1.35. The number of nitrogens with zero attached hydrogens (tertiary/aromatic N) is 3. The number of ether oxygens (including phenoxy) is 1. The lowest BCUT2D eigenvalue weighted by Gasteiger charge is -2.32. The number of hydrogen-bond acceptors (Lipinski definition) is 5. The lowest BCUT2D eigenvalue weighted by molar-refractivity contribution is -0.120. The van der Waals surface area contributed by atoms with Crippen LogP contribution in [0, 0.1) is 12.8 Å². The molecule has 2 aromatic carbocycles. The third kappa shape index (κ3) is 4.97. The van der Waals surface area contributed by atoms with E-state index in [0.29, 0.717) is 5.02 Å². The normalized spacial score (nSPS) is 14.4. The van der Waals surface area contributed by atoms with Gasteiger partial charge in [0, 0.05) is 35.3 Å². The molecule has 4 rings (SSSR count). The zero-order chi connectivity index (χ0) is 21.8. The van der Waals surface area contributed by atoms with Gasteiger partial charge in [0.15, 0.2) is 5.82 Å². The van der Waals surface area contributed by atoms with Crippen molar-refractivity contribution in [2.24, 2.45) is 5.92 Å². The van der Waals surface area contributed by atoms with E-state index in [1.54, 1.807) is 13.2 Å². The molecule has 0 spiro atoms. The summed E-state index contributed by atoms with van der Waals surface area (Å²) in [4.78, 5) is 14.9. The number of piperidine rings is 1. The molecule has 3 aromatic rings. The summed E-state index contributed by atoms with van der Waals surface area (Å²) in [6, 6.07) is 17.2. The number of halogens is 1. The number of aryl methyl sites for hydroxylation is 1. The van der Waals surface area contributed by atoms with Crippen molar-refractivity contribution in [3.63, 3.8) is 0 Å². The number of carbonyl (C=O) groups excluding carboxylic acids is 1. The van der Waals surface area contributed by atoms with Gasteiger partial charge in [0.05, 0.1) is 12.8 Å². The molecular formula is C24H25ClN4O2. The lowest BCUT2D eigenvalue weighted by atomic mass is 9.95. The number of amides is 1. The van der Waals surface area contributed by atoms with Crippen molar-refractivity contribution in [1.82, 2.24) is 10.2 Å². The summed E-state index contributed by atoms with van der Waals surface area (Å²) in [5.74, 6) is 1.67. The Bertz CT molecular complexity index is 1050. The van der Waals surface area contributed by atoms with Crippen molar-refractivity contribution < 1.29 is 9.53 Å². The van der Waals surface area contributed by atoms with E-state index < -0.39 is 0 Å². The van der Waals surface area contributed by atoms with Crippen LogP contribution >= 0.6 is 11.6 Å². The van der Waals surface area contributed by atoms with Crippen molar-refractivity contribution in [2.45, 2.75) is 19.8 Å². The highest BCUT2D eigenvalue weighted by Gasteiger charge is 2.26. The summed E-state index contributed by atoms with van der Waals surface area (Å²) in [6.45, 7) is 3.50. The van der Waals surface area contributed by atoms with Crippen molar-refractivity contribution in [3.8, 4) is 17.0 Å². The molecule has 2 heterocycles. The van der Waals surface area contributed by atoms with E-state index in [0.717, 1.165) is 60.0 Å². The van der Waals surface area contributed by atoms with Gasteiger partial charge in [-0.3, -0.25) is 4.79 Å². The molecule has 0 saturated carbocycles. The predicted octanol–water partition coefficient (Wildman–Crippen LogP) is 4.97. The van der Waals surface area contributed by atoms with E-state index in [-0.39, 0.29) is 11.8 Å². The Hall–Kier alpha value is -3.12. The monoisotopic (exact) mass is 436 g/mol. The number of carbonyl (C=O) groups is 1. The molecular weight excluding hydrogens is 412 g/mol. The molecule has 31 heavy (non-hydrogen) atoms. The van der Waals surface area contributed by atoms with E-state index >= 15 is 0 Å². The lowest BCUT2D eigenvalue weighted by Crippen LogP contribution is -2.38. The van der Waals surface area contributed by atoms with Crippen LogP contribution in [0.25, 0.3) is 11.3 Å². The van der Waals surface area contributed by atoms with Crippen LogP contribution in [-0.4, -0.2) is 36.3 Å². The first kappa shape index (κ1) is 21.1. The molecule has 1 saturated heterocycles. The molecule has 0 unspecified atom stereocenters. The molecule has 7 heteroatoms. The maximum atomic E-state index is 12.7. The van der Waals surface area contributed by atoms with Gasteiger partial charge in [-0.25, -0.2) is 0 Å². The smallest absolute Gasteiger partial charge is 0.227 e. The second kappa shape index (κ2) is 9.35. The minimum Gasteiger partial charge on any atom is -0.497 e. The van der Waals surface area contributed by atoms with Gasteiger partial charge in [0.1, 0.15) is 5.75 Å². The summed E-state index contributed by atoms with van der Waals surface area (Å²) in [7, 11) is 1.65. The fraction of sp³-hybridized carbons (Fsp3) is 0.292. The van der Waals surface area contributed by atoms with Crippen molar-refractivity contribution >= 4 is 29.0 Å². The van der Waals surface area contributed by atoms with E-state index in [9.17, 15) is 4.79 Å². The fourth-order valence-electron chi connectivity index (χ4n) is 3.74. The molecule has 1 fully saturated rings. The van der Waals surface area contributed by atoms with Crippen LogP contribution in [0.2, 0.25) is 5.02 Å². The van der Waals surface area contributed by atoms with E-state index in [1.807, 2.05) is 55.5 Å². The maximum Gasteiger partial charge on any atom is 0.227 e. The SMILES string of the molecule is COc1ccc(-c2ccc(N3CCC(C(=O)Nc4cc(Cl)ccc4C)CC3)nn2)cc1. The van der Waals surface area contributed by atoms with Crippen LogP contribution in [0.4, 0.5) is 11.5 Å². The Labute approximate surface area is 187 Å². The molecule has 1 amide bonds. The molecule has 0 atom stereocenters. The number of aromatic nitrogens is 2. The van der Waals surface area contributed by atoms with E-state index in [4.69, 9.17) is 16.3 Å². The second-order valence-electron chi connectivity index (χ2n) is 7.72. The first-order chi connectivity index (χ1) is 15.0. The number of benzene rings is 2. The third-order valence-corrected chi connectivity index (χ3v) is 5.92. The van der Waals surface area contributed by atoms with Crippen LogP contribution in [0.5, 0.6) is 5.75 Å². The number of hydrogen-bond donors (Lipinski definition) is 1. The highest BCUT2D eigenvalue weighted by molar-refractivity contribution is 6.31. The Morgan fingerprint density at radius 2 is 1.81 bits per heavy atom. The first-order valence-corrected chi connectivity index (χ1v) is 10.7. The Kier molecular flexibility index (Phi) is 6.37. The van der Waals surface area contributed by atoms with Crippen molar-refractivity contribution in [2.75, 3.05) is 30.4 Å². The Morgan fingerprint density at radius 3 is 2.45 bits per heavy atom. The quantitative estimate of drug-likeness (QED) is 0.611. The zero-order valence-electron chi connectivity index (χ0n) is 17.6. The standard InChI is InChI=1S/C24H25ClN4O2/c1-16-3-6-19(25)15-22(16)26-24(30)18-11-13-29(14-12-18)23-10-9-21(27-28-23)17-4-7-20(31-2)8-5-17/h3-10,15,18H,11-14H2,1-2H3,(H,26,30). The van der Waals surface area contributed by atoms with Gasteiger partial charge >= 0.3 is 0 Å². The summed E-state index contributed by atoms with van der Waals surface area (Å²) >= 11 is 6.06. The van der Waals surface area contributed by atoms with E-state index in [2.05, 4.69) is 20.4 Å². The molecule has 1 aliphatic rings. The first-order valence-electron chi connectivity index (χ1n) is 10.3. The number of methoxy groups -OCH3 is 1. The third-order valence-electron chi connectivity index (χ3n) is 5.68. The van der Waals surface area contributed by atoms with Gasteiger partial charge in [0.2, 0.25) is 5.91 Å². The summed E-state index contributed by atoms with van der Waals surface area (Å²) in [5.41, 5.74) is 3.59. The van der Waals surface area contributed by atoms with Gasteiger partial charge < -0.3 is 15.0 Å². The van der Waals surface area contributed by atoms with E-state index in [1.165, 1.54) is 0 Å². The molecule has 1 aliphatic heterocycles. The fourth-order valence-corrected chi connectivity index (χ4v) is 3.92. The molecule has 1 aromatic heterocycles. The van der Waals surface area contributed by atoms with Gasteiger partial charge in [-0.1, -0.05) is 17.7 Å². The molecule has 0 bridgehead atoms. The molecule has 1 N–H and O–H groups in total. The summed E-state index contributed by atoms with van der Waals surface area (Å²) < 4.78 is 5.20. The number of rotatable bonds is 5. The van der Waals surface area contributed by atoms with Crippen LogP contribution < -0.4 is 15.0 Å². The molecule has 6 nitrogen and oxygen atoms in total. The van der Waals surface area contributed by atoms with Crippen LogP contribution in [-0.2, 0) is 4.79 Å². The number of nitrogens with one attached hydrogen (secondary N) is 1. The topological polar surface area (TPSA) is 67.3 Å². The second-order valence-corrected chi connectivity index (χ2v) is 8.15. The predicted molar refractivity (Wildman–Crippen MR) is 124 cm³/mol. The largest absolute Gasteiger partial charge is 0.497 e.